The van der Waals surface area contributed by atoms with Crippen LogP contribution in [0.3, 0.4) is 0 Å². The van der Waals surface area contributed by atoms with Crippen LogP contribution in [0.2, 0.25) is 0 Å². The maximum atomic E-state index is 14.1. The number of aliphatic hydroxyl groups excluding tert-OH is 1. The van der Waals surface area contributed by atoms with E-state index >= 15 is 0 Å². The number of benzene rings is 1. The lowest BCUT2D eigenvalue weighted by atomic mass is 9.45. The first-order valence-electron chi connectivity index (χ1n) is 15.2. The number of ether oxygens (including phenoxy) is 1. The summed E-state index contributed by atoms with van der Waals surface area (Å²) in [5, 5.41) is 18.0. The van der Waals surface area contributed by atoms with E-state index in [0.29, 0.717) is 19.3 Å². The van der Waals surface area contributed by atoms with E-state index in [4.69, 9.17) is 19.1 Å². The van der Waals surface area contributed by atoms with E-state index in [1.165, 1.54) is 37.6 Å². The Morgan fingerprint density at radius 1 is 1.14 bits per heavy atom. The number of aliphatic hydroxyl groups is 1. The molecule has 2 heterocycles. The van der Waals surface area contributed by atoms with Crippen LogP contribution in [0.4, 0.5) is 0 Å². The number of likely N-dealkylation sites (N-methyl/N-ethyl adjacent to an activating group) is 1. The molecule has 7 atom stereocenters. The molecule has 9 heteroatoms. The van der Waals surface area contributed by atoms with E-state index in [1.54, 1.807) is 6.07 Å². The minimum absolute atomic E-state index is 0.00522. The number of amides is 1. The van der Waals surface area contributed by atoms with Crippen molar-refractivity contribution in [1.29, 1.82) is 0 Å². The van der Waals surface area contributed by atoms with Crippen molar-refractivity contribution in [3.05, 3.63) is 77.5 Å². The highest BCUT2D eigenvalue weighted by Crippen LogP contribution is 2.68. The third-order valence-corrected chi connectivity index (χ3v) is 11.4. The fourth-order valence-electron chi connectivity index (χ4n) is 9.45. The van der Waals surface area contributed by atoms with Gasteiger partial charge in [-0.3, -0.25) is 9.63 Å². The number of fused-ring (bicyclic) bond motifs is 6. The van der Waals surface area contributed by atoms with Crippen molar-refractivity contribution in [3.63, 3.8) is 0 Å². The molecule has 0 radical (unpaired) electrons. The Labute approximate surface area is 251 Å². The van der Waals surface area contributed by atoms with Gasteiger partial charge in [0.2, 0.25) is 5.76 Å². The summed E-state index contributed by atoms with van der Waals surface area (Å²) in [5.74, 6) is -0.813. The molecule has 4 unspecified atom stereocenters. The normalized spacial score (nSPS) is 34.3. The van der Waals surface area contributed by atoms with E-state index in [-0.39, 0.29) is 28.9 Å². The summed E-state index contributed by atoms with van der Waals surface area (Å²) < 4.78 is 13.6. The van der Waals surface area contributed by atoms with Crippen LogP contribution in [0.5, 0.6) is 0 Å². The number of aromatic nitrogens is 2. The van der Waals surface area contributed by atoms with Gasteiger partial charge in [0.1, 0.15) is 0 Å². The van der Waals surface area contributed by atoms with Crippen molar-refractivity contribution < 1.29 is 28.7 Å². The molecule has 0 saturated heterocycles. The van der Waals surface area contributed by atoms with Gasteiger partial charge >= 0.3 is 5.97 Å². The van der Waals surface area contributed by atoms with E-state index in [1.807, 2.05) is 36.0 Å². The molecule has 7 rings (SSSR count). The van der Waals surface area contributed by atoms with Gasteiger partial charge in [-0.15, -0.1) is 0 Å². The molecule has 43 heavy (non-hydrogen) atoms. The minimum Gasteiger partial charge on any atom is -0.457 e. The Hall–Kier alpha value is -3.69. The molecular formula is C34H39N3O6. The number of allylic oxidation sites excluding steroid dienone is 1. The second-order valence-corrected chi connectivity index (χ2v) is 13.3. The molecular weight excluding hydrogens is 546 g/mol. The van der Waals surface area contributed by atoms with Gasteiger partial charge in [0.05, 0.1) is 37.1 Å². The molecule has 1 aromatic carbocycles. The molecule has 4 aliphatic carbocycles. The Balaban J connectivity index is 1.25. The first-order chi connectivity index (χ1) is 20.6. The van der Waals surface area contributed by atoms with Crippen molar-refractivity contribution in [2.75, 3.05) is 14.2 Å². The average molecular weight is 586 g/mol. The first-order valence-corrected chi connectivity index (χ1v) is 15.2. The largest absolute Gasteiger partial charge is 0.457 e. The first kappa shape index (κ1) is 28.1. The van der Waals surface area contributed by atoms with Crippen molar-refractivity contribution in [2.24, 2.45) is 28.6 Å². The molecule has 3 aromatic rings. The number of carbonyl (C=O) groups excluding carboxylic acids is 2. The molecule has 1 N–H and O–H groups in total. The van der Waals surface area contributed by atoms with Crippen molar-refractivity contribution >= 4 is 18.0 Å². The lowest BCUT2D eigenvalue weighted by Gasteiger charge is -2.60. The van der Waals surface area contributed by atoms with Crippen LogP contribution in [0.1, 0.15) is 67.8 Å². The molecule has 0 spiro atoms. The highest BCUT2D eigenvalue weighted by Gasteiger charge is 2.71. The summed E-state index contributed by atoms with van der Waals surface area (Å²) in [7, 11) is 2.96. The number of hydroxylamine groups is 2. The second kappa shape index (κ2) is 9.92. The van der Waals surface area contributed by atoms with Crippen LogP contribution in [-0.2, 0) is 20.8 Å². The highest BCUT2D eigenvalue weighted by atomic mass is 16.7. The van der Waals surface area contributed by atoms with Gasteiger partial charge in [-0.1, -0.05) is 37.6 Å². The zero-order valence-corrected chi connectivity index (χ0v) is 25.2. The van der Waals surface area contributed by atoms with Crippen LogP contribution in [-0.4, -0.2) is 57.7 Å². The fraction of sp³-hybridized carbons (Fsp3) is 0.500. The molecule has 0 aliphatic heterocycles. The molecule has 0 bridgehead atoms. The fourth-order valence-corrected chi connectivity index (χ4v) is 9.45. The molecule has 4 aliphatic rings. The molecule has 9 nitrogen and oxygen atoms in total. The number of rotatable bonds is 5. The number of para-hydroxylation sites is 1. The van der Waals surface area contributed by atoms with Crippen molar-refractivity contribution in [3.8, 4) is 5.69 Å². The van der Waals surface area contributed by atoms with Crippen molar-refractivity contribution in [1.82, 2.24) is 14.8 Å². The smallest absolute Gasteiger partial charge is 0.375 e. The van der Waals surface area contributed by atoms with Crippen LogP contribution in [0.25, 0.3) is 11.8 Å². The number of hydrogen-bond donors (Lipinski definition) is 1. The van der Waals surface area contributed by atoms with E-state index in [0.717, 1.165) is 35.7 Å². The number of esters is 1. The van der Waals surface area contributed by atoms with Gasteiger partial charge < -0.3 is 14.3 Å². The number of hydrogen-bond acceptors (Lipinski definition) is 7. The number of carbonyl (C=O) groups is 2. The van der Waals surface area contributed by atoms with Crippen molar-refractivity contribution in [2.45, 2.75) is 64.1 Å². The summed E-state index contributed by atoms with van der Waals surface area (Å²) in [6.45, 7) is 4.32. The number of nitrogens with zero attached hydrogens (tertiary/aromatic N) is 3. The van der Waals surface area contributed by atoms with Gasteiger partial charge in [-0.2, -0.15) is 5.10 Å². The zero-order valence-electron chi connectivity index (χ0n) is 25.2. The molecule has 3 saturated carbocycles. The summed E-state index contributed by atoms with van der Waals surface area (Å²) in [6, 6.07) is 13.3. The van der Waals surface area contributed by atoms with Crippen LogP contribution >= 0.6 is 0 Å². The van der Waals surface area contributed by atoms with E-state index < -0.39 is 29.0 Å². The maximum absolute atomic E-state index is 14.1. The topological polar surface area (TPSA) is 107 Å². The van der Waals surface area contributed by atoms with E-state index in [2.05, 4.69) is 25.1 Å². The molecule has 2 aromatic heterocycles. The predicted molar refractivity (Wildman–Crippen MR) is 158 cm³/mol. The third-order valence-electron chi connectivity index (χ3n) is 11.4. The Morgan fingerprint density at radius 2 is 1.93 bits per heavy atom. The van der Waals surface area contributed by atoms with Crippen LogP contribution in [0, 0.1) is 28.6 Å². The highest BCUT2D eigenvalue weighted by molar-refractivity contribution is 5.93. The van der Waals surface area contributed by atoms with Gasteiger partial charge in [0.15, 0.2) is 5.60 Å². The second-order valence-electron chi connectivity index (χ2n) is 13.3. The lowest BCUT2D eigenvalue weighted by Crippen LogP contribution is -2.64. The SMILES string of the molecule is CON(C)C(=O)[C@@]1(OC(=O)c2ccco2)CCC2C3CCC4=Cc5c(cnn5-c5ccccc5)C[C@]4(C)C3C(O)C[C@@]21C. The minimum atomic E-state index is -1.49. The third kappa shape index (κ3) is 3.93. The van der Waals surface area contributed by atoms with Crippen LogP contribution < -0.4 is 0 Å². The predicted octanol–water partition coefficient (Wildman–Crippen LogP) is 5.23. The average Bonchev–Trinajstić information content (AvgIpc) is 3.74. The zero-order chi connectivity index (χ0) is 30.1. The van der Waals surface area contributed by atoms with Gasteiger partial charge in [0, 0.05) is 12.5 Å². The molecule has 226 valence electrons. The van der Waals surface area contributed by atoms with Gasteiger partial charge in [-0.05, 0) is 97.6 Å². The summed E-state index contributed by atoms with van der Waals surface area (Å²) in [5.41, 5.74) is 2.14. The summed E-state index contributed by atoms with van der Waals surface area (Å²) in [4.78, 5) is 32.7. The number of furan rings is 1. The quantitative estimate of drug-likeness (QED) is 0.323. The summed E-state index contributed by atoms with van der Waals surface area (Å²) >= 11 is 0. The van der Waals surface area contributed by atoms with Gasteiger partial charge in [-0.25, -0.2) is 14.5 Å². The Kier molecular flexibility index (Phi) is 6.48. The molecule has 1 amide bonds. The standard InChI is InChI=1S/C34H39N3O6/c1-32-18-21-20-35-37(23-9-6-5-7-10-23)26(21)17-22(32)12-13-24-25-14-15-34(31(40)36(3)41-4,33(25,2)19-27(38)29(24)32)43-30(39)28-11-8-16-42-28/h5-11,16-17,20,24-25,27,29,38H,12-15,18-19H2,1-4H3/t24?,25?,27?,29?,32-,33-,34-/m0/s1. The molecule has 3 fully saturated rings. The summed E-state index contributed by atoms with van der Waals surface area (Å²) in [6.07, 6.45) is 9.00. The van der Waals surface area contributed by atoms with Gasteiger partial charge in [0.25, 0.3) is 5.91 Å². The maximum Gasteiger partial charge on any atom is 0.375 e. The lowest BCUT2D eigenvalue weighted by molar-refractivity contribution is -0.213. The monoisotopic (exact) mass is 585 g/mol. The Bertz CT molecular complexity index is 1580. The Morgan fingerprint density at radius 3 is 2.65 bits per heavy atom. The van der Waals surface area contributed by atoms with Crippen LogP contribution in [0.15, 0.2) is 64.9 Å². The van der Waals surface area contributed by atoms with E-state index in [9.17, 15) is 14.7 Å².